The molecule has 1 fully saturated rings. The van der Waals surface area contributed by atoms with Gasteiger partial charge in [0, 0.05) is 19.2 Å². The number of hydrogen-bond donors (Lipinski definition) is 0. The predicted octanol–water partition coefficient (Wildman–Crippen LogP) is 2.75. The Balaban J connectivity index is 2.35. The fraction of sp³-hybridized carbons (Fsp3) is 0.556. The van der Waals surface area contributed by atoms with Gasteiger partial charge in [-0.15, -0.1) is 0 Å². The van der Waals surface area contributed by atoms with Crippen LogP contribution in [0, 0.1) is 0 Å². The molecule has 3 nitrogen and oxygen atoms in total. The highest BCUT2D eigenvalue weighted by Gasteiger charge is 2.35. The molecule has 2 rings (SSSR count). The van der Waals surface area contributed by atoms with Crippen LogP contribution in [-0.4, -0.2) is 23.1 Å². The van der Waals surface area contributed by atoms with Gasteiger partial charge in [-0.2, -0.15) is 13.2 Å². The van der Waals surface area contributed by atoms with Crippen molar-refractivity contribution in [2.75, 3.05) is 18.0 Å². The van der Waals surface area contributed by atoms with Gasteiger partial charge in [-0.3, -0.25) is 0 Å². The van der Waals surface area contributed by atoms with E-state index in [1.54, 1.807) is 4.90 Å². The Bertz CT molecular complexity index is 388. The molecule has 0 aliphatic carbocycles. The normalized spacial score (nSPS) is 16.9. The van der Waals surface area contributed by atoms with Gasteiger partial charge < -0.3 is 4.90 Å². The van der Waals surface area contributed by atoms with Crippen molar-refractivity contribution in [1.29, 1.82) is 0 Å². The zero-order valence-corrected chi connectivity index (χ0v) is 9.02. The van der Waals surface area contributed by atoms with E-state index in [1.165, 1.54) is 6.07 Å². The van der Waals surface area contributed by atoms with Crippen LogP contribution in [0.2, 0.25) is 5.15 Å². The molecule has 1 aromatic heterocycles. The summed E-state index contributed by atoms with van der Waals surface area (Å²) in [5.74, 6) is -0.924. The Kier molecular flexibility index (Phi) is 2.92. The number of alkyl halides is 3. The maximum absolute atomic E-state index is 12.4. The summed E-state index contributed by atoms with van der Waals surface area (Å²) in [6.45, 7) is 1.43. The molecule has 0 amide bonds. The lowest BCUT2D eigenvalue weighted by molar-refractivity contribution is -0.144. The molecule has 2 heterocycles. The molecule has 88 valence electrons. The molecule has 1 saturated heterocycles. The van der Waals surface area contributed by atoms with Gasteiger partial charge in [0.2, 0.25) is 5.82 Å². The highest BCUT2D eigenvalue weighted by atomic mass is 35.5. The maximum Gasteiger partial charge on any atom is 0.451 e. The minimum absolute atomic E-state index is 0.177. The number of nitrogens with zero attached hydrogens (tertiary/aromatic N) is 3. The quantitative estimate of drug-likeness (QED) is 0.719. The molecule has 0 spiro atoms. The zero-order valence-electron chi connectivity index (χ0n) is 8.26. The predicted molar refractivity (Wildman–Crippen MR) is 53.5 cm³/mol. The fourth-order valence-electron chi connectivity index (χ4n) is 1.64. The minimum Gasteiger partial charge on any atom is -0.356 e. The van der Waals surface area contributed by atoms with Crippen LogP contribution in [0.15, 0.2) is 6.07 Å². The molecule has 0 aromatic carbocycles. The fourth-order valence-corrected chi connectivity index (χ4v) is 1.82. The van der Waals surface area contributed by atoms with Crippen LogP contribution >= 0.6 is 11.6 Å². The monoisotopic (exact) mass is 251 g/mol. The number of anilines is 1. The van der Waals surface area contributed by atoms with Crippen LogP contribution in [0.4, 0.5) is 19.0 Å². The van der Waals surface area contributed by atoms with Crippen LogP contribution in [0.25, 0.3) is 0 Å². The maximum atomic E-state index is 12.4. The molecule has 7 heteroatoms. The van der Waals surface area contributed by atoms with E-state index < -0.39 is 12.0 Å². The largest absolute Gasteiger partial charge is 0.451 e. The summed E-state index contributed by atoms with van der Waals surface area (Å²) in [5.41, 5.74) is 0. The van der Waals surface area contributed by atoms with Gasteiger partial charge >= 0.3 is 6.18 Å². The smallest absolute Gasteiger partial charge is 0.356 e. The molecule has 0 unspecified atom stereocenters. The second-order valence-corrected chi connectivity index (χ2v) is 3.95. The van der Waals surface area contributed by atoms with Gasteiger partial charge in [-0.05, 0) is 12.8 Å². The molecule has 16 heavy (non-hydrogen) atoms. The summed E-state index contributed by atoms with van der Waals surface area (Å²) in [6, 6.07) is 1.36. The third kappa shape index (κ3) is 2.37. The van der Waals surface area contributed by atoms with Gasteiger partial charge in [-0.1, -0.05) is 11.6 Å². The zero-order chi connectivity index (χ0) is 11.8. The van der Waals surface area contributed by atoms with Crippen molar-refractivity contribution in [3.63, 3.8) is 0 Å². The highest BCUT2D eigenvalue weighted by Crippen LogP contribution is 2.29. The summed E-state index contributed by atoms with van der Waals surface area (Å²) < 4.78 is 37.3. The number of hydrogen-bond acceptors (Lipinski definition) is 3. The van der Waals surface area contributed by atoms with Crippen molar-refractivity contribution >= 4 is 17.4 Å². The molecular weight excluding hydrogens is 243 g/mol. The van der Waals surface area contributed by atoms with Gasteiger partial charge in [0.1, 0.15) is 11.0 Å². The molecule has 1 aliphatic heterocycles. The van der Waals surface area contributed by atoms with Crippen LogP contribution in [0.1, 0.15) is 18.7 Å². The molecule has 1 aromatic rings. The Morgan fingerprint density at radius 1 is 1.19 bits per heavy atom. The Labute approximate surface area is 95.2 Å². The van der Waals surface area contributed by atoms with Gasteiger partial charge in [0.05, 0.1) is 0 Å². The second kappa shape index (κ2) is 4.08. The van der Waals surface area contributed by atoms with Crippen molar-refractivity contribution in [3.8, 4) is 0 Å². The third-order valence-corrected chi connectivity index (χ3v) is 2.56. The lowest BCUT2D eigenvalue weighted by Gasteiger charge is -2.17. The number of rotatable bonds is 1. The Morgan fingerprint density at radius 2 is 1.81 bits per heavy atom. The molecule has 0 bridgehead atoms. The van der Waals surface area contributed by atoms with E-state index in [1.807, 2.05) is 0 Å². The molecule has 0 atom stereocenters. The van der Waals surface area contributed by atoms with Crippen LogP contribution in [-0.2, 0) is 6.18 Å². The van der Waals surface area contributed by atoms with E-state index in [0.29, 0.717) is 13.1 Å². The molecule has 0 N–H and O–H groups in total. The Morgan fingerprint density at radius 3 is 2.38 bits per heavy atom. The summed E-state index contributed by atoms with van der Waals surface area (Å²) in [4.78, 5) is 8.45. The van der Waals surface area contributed by atoms with Crippen molar-refractivity contribution in [2.45, 2.75) is 19.0 Å². The average Bonchev–Trinajstić information content (AvgIpc) is 2.68. The first-order valence-corrected chi connectivity index (χ1v) is 5.21. The van der Waals surface area contributed by atoms with Crippen molar-refractivity contribution in [1.82, 2.24) is 9.97 Å². The first-order chi connectivity index (χ1) is 7.47. The molecular formula is C9H9ClF3N3. The van der Waals surface area contributed by atoms with Gasteiger partial charge in [-0.25, -0.2) is 9.97 Å². The highest BCUT2D eigenvalue weighted by molar-refractivity contribution is 6.29. The summed E-state index contributed by atoms with van der Waals surface area (Å²) in [5, 5.41) is -0.177. The van der Waals surface area contributed by atoms with Gasteiger partial charge in [0.25, 0.3) is 0 Å². The lowest BCUT2D eigenvalue weighted by Crippen LogP contribution is -2.21. The van der Waals surface area contributed by atoms with E-state index in [-0.39, 0.29) is 11.0 Å². The van der Waals surface area contributed by atoms with E-state index in [2.05, 4.69) is 9.97 Å². The lowest BCUT2D eigenvalue weighted by atomic mass is 10.4. The van der Waals surface area contributed by atoms with E-state index in [0.717, 1.165) is 12.8 Å². The molecule has 1 aliphatic rings. The standard InChI is InChI=1S/C9H9ClF3N3/c10-6-5-7(16-3-1-2-4-16)15-8(14-6)9(11,12)13/h5H,1-4H2. The van der Waals surface area contributed by atoms with E-state index in [9.17, 15) is 13.2 Å². The first kappa shape index (κ1) is 11.4. The summed E-state index contributed by atoms with van der Waals surface area (Å²) in [7, 11) is 0. The molecule has 0 radical (unpaired) electrons. The van der Waals surface area contributed by atoms with Crippen molar-refractivity contribution in [3.05, 3.63) is 17.0 Å². The van der Waals surface area contributed by atoms with Crippen LogP contribution < -0.4 is 4.90 Å². The minimum atomic E-state index is -4.56. The summed E-state index contributed by atoms with van der Waals surface area (Å²) in [6.07, 6.45) is -2.63. The number of aromatic nitrogens is 2. The van der Waals surface area contributed by atoms with Gasteiger partial charge in [0.15, 0.2) is 0 Å². The average molecular weight is 252 g/mol. The Hall–Kier alpha value is -1.04. The van der Waals surface area contributed by atoms with Crippen molar-refractivity contribution in [2.24, 2.45) is 0 Å². The van der Waals surface area contributed by atoms with Crippen LogP contribution in [0.3, 0.4) is 0 Å². The van der Waals surface area contributed by atoms with E-state index in [4.69, 9.17) is 11.6 Å². The van der Waals surface area contributed by atoms with Crippen molar-refractivity contribution < 1.29 is 13.2 Å². The topological polar surface area (TPSA) is 29.0 Å². The molecule has 0 saturated carbocycles. The third-order valence-electron chi connectivity index (χ3n) is 2.36. The summed E-state index contributed by atoms with van der Waals surface area (Å²) >= 11 is 5.56. The van der Waals surface area contributed by atoms with E-state index >= 15 is 0 Å². The SMILES string of the molecule is FC(F)(F)c1nc(Cl)cc(N2CCCC2)n1. The van der Waals surface area contributed by atoms with Crippen LogP contribution in [0.5, 0.6) is 0 Å². The first-order valence-electron chi connectivity index (χ1n) is 4.83. The second-order valence-electron chi connectivity index (χ2n) is 3.56. The number of halogens is 4.